The van der Waals surface area contributed by atoms with Crippen molar-refractivity contribution in [2.45, 2.75) is 39.2 Å². The van der Waals surface area contributed by atoms with E-state index in [1.807, 2.05) is 48.7 Å². The summed E-state index contributed by atoms with van der Waals surface area (Å²) in [4.78, 5) is 31.5. The molecule has 0 spiro atoms. The number of aliphatic imine (C=N–C) groups is 1. The van der Waals surface area contributed by atoms with Gasteiger partial charge in [-0.2, -0.15) is 0 Å². The number of anilines is 1. The number of allylic oxidation sites excluding steroid dienone is 3. The summed E-state index contributed by atoms with van der Waals surface area (Å²) in [5.74, 6) is 0.139. The Labute approximate surface area is 182 Å². The highest BCUT2D eigenvalue weighted by Crippen LogP contribution is 2.51. The lowest BCUT2D eigenvalue weighted by atomic mass is 9.63. The fourth-order valence-electron chi connectivity index (χ4n) is 4.92. The van der Waals surface area contributed by atoms with E-state index in [0.717, 1.165) is 35.3 Å². The lowest BCUT2D eigenvalue weighted by Gasteiger charge is -2.45. The Morgan fingerprint density at radius 3 is 2.84 bits per heavy atom. The Hall–Kier alpha value is -3.47. The second-order valence-electron chi connectivity index (χ2n) is 8.23. The molecular weight excluding hydrogens is 386 g/mol. The predicted molar refractivity (Wildman–Crippen MR) is 126 cm³/mol. The molecule has 2 N–H and O–H groups in total. The van der Waals surface area contributed by atoms with E-state index in [1.54, 1.807) is 6.07 Å². The number of nitrogens with zero attached hydrogens (tertiary/aromatic N) is 1. The van der Waals surface area contributed by atoms with Crippen molar-refractivity contribution < 1.29 is 4.79 Å². The first-order chi connectivity index (χ1) is 14.9. The molecule has 2 aliphatic rings. The Bertz CT molecular complexity index is 1200. The number of H-pyrrole nitrogens is 1. The SMILES string of the molecule is C/C=C1\[C@H]2C=C(C)C[C@]1(/N=C/C=C/c1ccccc1NC(C)=O)c1ccc(=O)[nH]c1C2. The van der Waals surface area contributed by atoms with Crippen molar-refractivity contribution in [3.05, 3.63) is 92.9 Å². The Balaban J connectivity index is 1.73. The summed E-state index contributed by atoms with van der Waals surface area (Å²) in [6, 6.07) is 11.2. The summed E-state index contributed by atoms with van der Waals surface area (Å²) in [5, 5.41) is 2.85. The van der Waals surface area contributed by atoms with E-state index in [0.29, 0.717) is 0 Å². The van der Waals surface area contributed by atoms with Crippen molar-refractivity contribution in [3.63, 3.8) is 0 Å². The number of amides is 1. The summed E-state index contributed by atoms with van der Waals surface area (Å²) in [7, 11) is 0. The third-order valence-electron chi connectivity index (χ3n) is 6.01. The van der Waals surface area contributed by atoms with Crippen LogP contribution in [-0.4, -0.2) is 17.1 Å². The molecule has 4 rings (SSSR count). The van der Waals surface area contributed by atoms with Gasteiger partial charge in [0.05, 0.1) is 0 Å². The normalized spacial score (nSPS) is 23.8. The van der Waals surface area contributed by atoms with Gasteiger partial charge in [0.2, 0.25) is 11.5 Å². The number of aromatic nitrogens is 1. The summed E-state index contributed by atoms with van der Waals surface area (Å²) < 4.78 is 0. The zero-order valence-corrected chi connectivity index (χ0v) is 18.1. The van der Waals surface area contributed by atoms with E-state index in [1.165, 1.54) is 18.1 Å². The van der Waals surface area contributed by atoms with Gasteiger partial charge in [0.1, 0.15) is 5.54 Å². The van der Waals surface area contributed by atoms with Gasteiger partial charge in [0.25, 0.3) is 0 Å². The summed E-state index contributed by atoms with van der Waals surface area (Å²) in [6.45, 7) is 5.72. The number of pyridine rings is 1. The monoisotopic (exact) mass is 413 g/mol. The maximum atomic E-state index is 11.9. The maximum Gasteiger partial charge on any atom is 0.248 e. The fourth-order valence-corrected chi connectivity index (χ4v) is 4.92. The molecule has 1 aromatic carbocycles. The molecule has 0 unspecified atom stereocenters. The average molecular weight is 414 g/mol. The highest BCUT2D eigenvalue weighted by Gasteiger charge is 2.46. The first-order valence-corrected chi connectivity index (χ1v) is 10.6. The van der Waals surface area contributed by atoms with E-state index < -0.39 is 5.54 Å². The van der Waals surface area contributed by atoms with E-state index in [9.17, 15) is 9.59 Å². The molecule has 0 saturated heterocycles. The van der Waals surface area contributed by atoms with Crippen LogP contribution in [0.1, 0.15) is 44.0 Å². The van der Waals surface area contributed by atoms with E-state index in [-0.39, 0.29) is 17.4 Å². The van der Waals surface area contributed by atoms with Crippen LogP contribution in [0.25, 0.3) is 6.08 Å². The zero-order chi connectivity index (χ0) is 22.0. The van der Waals surface area contributed by atoms with Gasteiger partial charge in [-0.25, -0.2) is 0 Å². The van der Waals surface area contributed by atoms with Crippen molar-refractivity contribution in [2.24, 2.45) is 10.9 Å². The number of hydrogen-bond donors (Lipinski definition) is 2. The minimum Gasteiger partial charge on any atom is -0.326 e. The number of carbonyl (C=O) groups excluding carboxylic acids is 1. The van der Waals surface area contributed by atoms with E-state index >= 15 is 0 Å². The molecule has 1 aromatic heterocycles. The highest BCUT2D eigenvalue weighted by atomic mass is 16.1. The second-order valence-corrected chi connectivity index (χ2v) is 8.23. The minimum atomic E-state index is -0.502. The number of nitrogens with one attached hydrogen (secondary N) is 2. The van der Waals surface area contributed by atoms with Crippen LogP contribution in [0.4, 0.5) is 5.69 Å². The molecule has 0 aliphatic heterocycles. The Morgan fingerprint density at radius 2 is 2.06 bits per heavy atom. The standard InChI is InChI=1S/C26H27N3O2/c1-4-21-20-14-17(2)16-26(21,22-11-12-25(31)29-24(22)15-20)27-13-7-9-19-8-5-6-10-23(19)28-18(3)30/h4-14,20H,15-16H2,1-3H3,(H,28,30)(H,29,31)/b9-7+,21-4+,27-13+/t20-,26+/m0/s1. The number of benzene rings is 1. The van der Waals surface area contributed by atoms with E-state index in [2.05, 4.69) is 36.3 Å². The number of para-hydroxylation sites is 1. The van der Waals surface area contributed by atoms with Crippen LogP contribution >= 0.6 is 0 Å². The lowest BCUT2D eigenvalue weighted by molar-refractivity contribution is -0.114. The van der Waals surface area contributed by atoms with Gasteiger partial charge in [-0.15, -0.1) is 0 Å². The van der Waals surface area contributed by atoms with Crippen LogP contribution in [0.15, 0.2) is 75.6 Å². The first kappa shape index (κ1) is 20.8. The largest absolute Gasteiger partial charge is 0.326 e. The third-order valence-corrected chi connectivity index (χ3v) is 6.01. The average Bonchev–Trinajstić information content (AvgIpc) is 2.71. The predicted octanol–water partition coefficient (Wildman–Crippen LogP) is 4.78. The van der Waals surface area contributed by atoms with Crippen molar-refractivity contribution in [1.82, 2.24) is 4.98 Å². The smallest absolute Gasteiger partial charge is 0.248 e. The minimum absolute atomic E-state index is 0.0740. The fraction of sp³-hybridized carbons (Fsp3) is 0.269. The second kappa shape index (κ2) is 8.34. The Kier molecular flexibility index (Phi) is 5.59. The van der Waals surface area contributed by atoms with Gasteiger partial charge in [0.15, 0.2) is 0 Å². The van der Waals surface area contributed by atoms with Gasteiger partial charge in [-0.1, -0.05) is 42.0 Å². The molecule has 0 radical (unpaired) electrons. The van der Waals surface area contributed by atoms with Gasteiger partial charge in [0, 0.05) is 48.5 Å². The number of carbonyl (C=O) groups is 1. The molecule has 2 aliphatic carbocycles. The van der Waals surface area contributed by atoms with Crippen molar-refractivity contribution >= 4 is 23.9 Å². The maximum absolute atomic E-state index is 11.9. The first-order valence-electron chi connectivity index (χ1n) is 10.6. The summed E-state index contributed by atoms with van der Waals surface area (Å²) in [5.41, 5.74) is 5.75. The molecule has 0 fully saturated rings. The van der Waals surface area contributed by atoms with Gasteiger partial charge < -0.3 is 10.3 Å². The summed E-state index contributed by atoms with van der Waals surface area (Å²) >= 11 is 0. The van der Waals surface area contributed by atoms with Crippen LogP contribution in [0.5, 0.6) is 0 Å². The van der Waals surface area contributed by atoms with Crippen LogP contribution in [0.3, 0.4) is 0 Å². The van der Waals surface area contributed by atoms with Crippen LogP contribution in [-0.2, 0) is 16.8 Å². The molecule has 5 nitrogen and oxygen atoms in total. The van der Waals surface area contributed by atoms with Gasteiger partial charge in [-0.3, -0.25) is 14.6 Å². The lowest BCUT2D eigenvalue weighted by Crippen LogP contribution is -2.40. The number of fused-ring (bicyclic) bond motifs is 4. The van der Waals surface area contributed by atoms with Crippen molar-refractivity contribution in [1.29, 1.82) is 0 Å². The number of hydrogen-bond acceptors (Lipinski definition) is 3. The molecule has 2 atom stereocenters. The van der Waals surface area contributed by atoms with E-state index in [4.69, 9.17) is 4.99 Å². The third kappa shape index (κ3) is 3.96. The molecule has 2 bridgehead atoms. The van der Waals surface area contributed by atoms with Crippen LogP contribution in [0, 0.1) is 5.92 Å². The number of aromatic amines is 1. The molecule has 5 heteroatoms. The number of rotatable bonds is 4. The van der Waals surface area contributed by atoms with Crippen LogP contribution < -0.4 is 10.9 Å². The van der Waals surface area contributed by atoms with Gasteiger partial charge >= 0.3 is 0 Å². The quantitative estimate of drug-likeness (QED) is 0.559. The van der Waals surface area contributed by atoms with Crippen LogP contribution in [0.2, 0.25) is 0 Å². The van der Waals surface area contributed by atoms with Gasteiger partial charge in [-0.05, 0) is 49.6 Å². The molecule has 1 heterocycles. The molecule has 1 amide bonds. The van der Waals surface area contributed by atoms with Crippen molar-refractivity contribution in [3.8, 4) is 0 Å². The molecular formula is C26H27N3O2. The topological polar surface area (TPSA) is 74.3 Å². The van der Waals surface area contributed by atoms with Crippen molar-refractivity contribution in [2.75, 3.05) is 5.32 Å². The molecule has 2 aromatic rings. The zero-order valence-electron chi connectivity index (χ0n) is 18.1. The highest BCUT2D eigenvalue weighted by molar-refractivity contribution is 5.92. The molecule has 158 valence electrons. The summed E-state index contributed by atoms with van der Waals surface area (Å²) in [6.07, 6.45) is 11.7. The Morgan fingerprint density at radius 1 is 1.26 bits per heavy atom. The molecule has 31 heavy (non-hydrogen) atoms. The molecule has 0 saturated carbocycles.